The van der Waals surface area contributed by atoms with E-state index in [0.29, 0.717) is 0 Å². The van der Waals surface area contributed by atoms with Gasteiger partial charge in [-0.2, -0.15) is 0 Å². The van der Waals surface area contributed by atoms with Crippen LogP contribution in [0.2, 0.25) is 0 Å². The van der Waals surface area contributed by atoms with E-state index in [9.17, 15) is 0 Å². The molecule has 1 atom stereocenters. The van der Waals surface area contributed by atoms with Crippen molar-refractivity contribution in [1.82, 2.24) is 20.9 Å². The van der Waals surface area contributed by atoms with Gasteiger partial charge >= 0.3 is 0 Å². The minimum Gasteiger partial charge on any atom is -0.387 e. The Balaban J connectivity index is 2.02. The summed E-state index contributed by atoms with van der Waals surface area (Å²) in [6.07, 6.45) is 10.1. The molecule has 4 heteroatoms. The van der Waals surface area contributed by atoms with Crippen LogP contribution in [0.5, 0.6) is 0 Å². The van der Waals surface area contributed by atoms with E-state index < -0.39 is 0 Å². The molecule has 3 N–H and O–H groups in total. The molecule has 0 saturated heterocycles. The van der Waals surface area contributed by atoms with Gasteiger partial charge in [0.15, 0.2) is 0 Å². The second-order valence-corrected chi connectivity index (χ2v) is 4.40. The monoisotopic (exact) mass is 240 g/mol. The van der Waals surface area contributed by atoms with Crippen molar-refractivity contribution >= 4 is 5.70 Å². The Morgan fingerprint density at radius 3 is 2.67 bits per heavy atom. The molecule has 4 nitrogen and oxygen atoms in total. The second kappa shape index (κ2) is 4.56. The van der Waals surface area contributed by atoms with Gasteiger partial charge in [-0.15, -0.1) is 0 Å². The smallest absolute Gasteiger partial charge is 0.0936 e. The van der Waals surface area contributed by atoms with Gasteiger partial charge in [0.05, 0.1) is 17.6 Å². The largest absolute Gasteiger partial charge is 0.387 e. The number of aromatic nitrogens is 1. The van der Waals surface area contributed by atoms with Crippen molar-refractivity contribution in [2.75, 3.05) is 6.54 Å². The number of rotatable bonds is 2. The summed E-state index contributed by atoms with van der Waals surface area (Å²) in [7, 11) is 0. The third-order valence-corrected chi connectivity index (χ3v) is 3.05. The molecule has 2 aliphatic rings. The van der Waals surface area contributed by atoms with E-state index in [0.717, 1.165) is 23.5 Å². The molecule has 1 aromatic rings. The molecule has 18 heavy (non-hydrogen) atoms. The molecule has 0 spiro atoms. The normalized spacial score (nSPS) is 22.1. The van der Waals surface area contributed by atoms with Crippen LogP contribution in [0, 0.1) is 0 Å². The third-order valence-electron chi connectivity index (χ3n) is 3.05. The Kier molecular flexibility index (Phi) is 2.76. The number of allylic oxidation sites excluding steroid dienone is 1. The van der Waals surface area contributed by atoms with Gasteiger partial charge in [0.2, 0.25) is 0 Å². The van der Waals surface area contributed by atoms with Crippen LogP contribution in [0.1, 0.15) is 12.5 Å². The molecule has 92 valence electrons. The quantitative estimate of drug-likeness (QED) is 0.730. The minimum absolute atomic E-state index is 0.243. The maximum atomic E-state index is 4.06. The van der Waals surface area contributed by atoms with Crippen LogP contribution in [-0.4, -0.2) is 17.7 Å². The fourth-order valence-electron chi connectivity index (χ4n) is 2.23. The van der Waals surface area contributed by atoms with E-state index >= 15 is 0 Å². The summed E-state index contributed by atoms with van der Waals surface area (Å²) >= 11 is 0. The molecular weight excluding hydrogens is 224 g/mol. The number of nitrogens with zero attached hydrogens (tertiary/aromatic N) is 1. The summed E-state index contributed by atoms with van der Waals surface area (Å²) in [6.45, 7) is 2.98. The Morgan fingerprint density at radius 1 is 1.17 bits per heavy atom. The Bertz CT molecular complexity index is 528. The predicted octanol–water partition coefficient (Wildman–Crippen LogP) is 1.33. The van der Waals surface area contributed by atoms with E-state index in [4.69, 9.17) is 0 Å². The van der Waals surface area contributed by atoms with Crippen molar-refractivity contribution in [3.05, 3.63) is 59.7 Å². The highest BCUT2D eigenvalue weighted by Gasteiger charge is 2.22. The van der Waals surface area contributed by atoms with Gasteiger partial charge in [0.25, 0.3) is 0 Å². The first-order chi connectivity index (χ1) is 8.84. The van der Waals surface area contributed by atoms with Gasteiger partial charge in [0, 0.05) is 24.5 Å². The summed E-state index contributed by atoms with van der Waals surface area (Å²) in [5, 5.41) is 10.1. The van der Waals surface area contributed by atoms with Gasteiger partial charge in [-0.3, -0.25) is 4.98 Å². The van der Waals surface area contributed by atoms with E-state index in [-0.39, 0.29) is 6.17 Å². The highest BCUT2D eigenvalue weighted by Crippen LogP contribution is 2.25. The zero-order valence-corrected chi connectivity index (χ0v) is 10.3. The maximum Gasteiger partial charge on any atom is 0.0936 e. The fraction of sp³-hybridized carbons (Fsp3) is 0.214. The summed E-state index contributed by atoms with van der Waals surface area (Å²) in [5.74, 6) is 0. The first-order valence-corrected chi connectivity index (χ1v) is 6.13. The Hall–Kier alpha value is -2.23. The van der Waals surface area contributed by atoms with Crippen LogP contribution in [-0.2, 0) is 0 Å². The van der Waals surface area contributed by atoms with Gasteiger partial charge in [0.1, 0.15) is 0 Å². The van der Waals surface area contributed by atoms with Crippen molar-refractivity contribution in [2.45, 2.75) is 13.1 Å². The molecule has 0 aliphatic carbocycles. The number of dihydropyridines is 1. The first-order valence-electron chi connectivity index (χ1n) is 6.13. The number of hydrogen-bond donors (Lipinski definition) is 3. The molecule has 2 aliphatic heterocycles. The van der Waals surface area contributed by atoms with Crippen molar-refractivity contribution in [3.63, 3.8) is 0 Å². The fourth-order valence-corrected chi connectivity index (χ4v) is 2.23. The Morgan fingerprint density at radius 2 is 1.94 bits per heavy atom. The summed E-state index contributed by atoms with van der Waals surface area (Å²) in [4.78, 5) is 4.06. The SMILES string of the molecule is CC1NC(C2=CCNC=C2)=C(c2ccncc2)N1. The lowest BCUT2D eigenvalue weighted by atomic mass is 10.1. The molecule has 1 unspecified atom stereocenters. The second-order valence-electron chi connectivity index (χ2n) is 4.40. The van der Waals surface area contributed by atoms with Crippen LogP contribution in [0.15, 0.2) is 54.1 Å². The molecule has 0 bridgehead atoms. The molecule has 0 fully saturated rings. The summed E-state index contributed by atoms with van der Waals surface area (Å²) in [5.41, 5.74) is 4.68. The highest BCUT2D eigenvalue weighted by atomic mass is 15.2. The summed E-state index contributed by atoms with van der Waals surface area (Å²) in [6, 6.07) is 4.04. The van der Waals surface area contributed by atoms with Crippen molar-refractivity contribution in [1.29, 1.82) is 0 Å². The standard InChI is InChI=1S/C14H16N4/c1-10-17-13(11-2-6-15-7-3-11)14(18-10)12-4-8-16-9-5-12/h2-8,10,16-18H,9H2,1H3. The number of pyridine rings is 1. The predicted molar refractivity (Wildman–Crippen MR) is 72.1 cm³/mol. The lowest BCUT2D eigenvalue weighted by Crippen LogP contribution is -2.29. The Labute approximate surface area is 107 Å². The molecule has 3 heterocycles. The van der Waals surface area contributed by atoms with E-state index in [1.54, 1.807) is 0 Å². The van der Waals surface area contributed by atoms with Gasteiger partial charge in [-0.05, 0) is 36.9 Å². The number of nitrogens with one attached hydrogen (secondary N) is 3. The lowest BCUT2D eigenvalue weighted by molar-refractivity contribution is 0.620. The zero-order chi connectivity index (χ0) is 12.4. The molecule has 0 aromatic carbocycles. The molecule has 0 amide bonds. The molecule has 0 saturated carbocycles. The third kappa shape index (κ3) is 1.97. The zero-order valence-electron chi connectivity index (χ0n) is 10.3. The van der Waals surface area contributed by atoms with E-state index in [1.165, 1.54) is 5.57 Å². The van der Waals surface area contributed by atoms with Crippen LogP contribution in [0.4, 0.5) is 0 Å². The molecule has 0 radical (unpaired) electrons. The summed E-state index contributed by atoms with van der Waals surface area (Å²) < 4.78 is 0. The lowest BCUT2D eigenvalue weighted by Gasteiger charge is -2.12. The van der Waals surface area contributed by atoms with Gasteiger partial charge in [-0.25, -0.2) is 0 Å². The van der Waals surface area contributed by atoms with Crippen molar-refractivity contribution in [3.8, 4) is 0 Å². The van der Waals surface area contributed by atoms with Gasteiger partial charge in [-0.1, -0.05) is 6.08 Å². The highest BCUT2D eigenvalue weighted by molar-refractivity contribution is 5.73. The van der Waals surface area contributed by atoms with Crippen molar-refractivity contribution in [2.24, 2.45) is 0 Å². The van der Waals surface area contributed by atoms with Crippen LogP contribution >= 0.6 is 0 Å². The van der Waals surface area contributed by atoms with Crippen LogP contribution in [0.25, 0.3) is 5.70 Å². The van der Waals surface area contributed by atoms with Crippen LogP contribution < -0.4 is 16.0 Å². The molecule has 3 rings (SSSR count). The van der Waals surface area contributed by atoms with Crippen molar-refractivity contribution < 1.29 is 0 Å². The first kappa shape index (κ1) is 10.9. The topological polar surface area (TPSA) is 49.0 Å². The molecule has 1 aromatic heterocycles. The van der Waals surface area contributed by atoms with E-state index in [2.05, 4.69) is 40.0 Å². The average Bonchev–Trinajstić information content (AvgIpc) is 2.83. The van der Waals surface area contributed by atoms with E-state index in [1.807, 2.05) is 30.7 Å². The average molecular weight is 240 g/mol. The number of hydrogen-bond acceptors (Lipinski definition) is 4. The van der Waals surface area contributed by atoms with Crippen LogP contribution in [0.3, 0.4) is 0 Å². The minimum atomic E-state index is 0.243. The van der Waals surface area contributed by atoms with Gasteiger partial charge < -0.3 is 16.0 Å². The maximum absolute atomic E-state index is 4.06. The molecular formula is C14H16N4.